The van der Waals surface area contributed by atoms with Gasteiger partial charge in [0.25, 0.3) is 5.91 Å². The van der Waals surface area contributed by atoms with Gasteiger partial charge in [0.2, 0.25) is 11.7 Å². The smallest absolute Gasteiger partial charge is 0.253 e. The number of aromatic nitrogens is 2. The number of amides is 1. The van der Waals surface area contributed by atoms with Crippen LogP contribution in [0.15, 0.2) is 53.1 Å². The molecule has 6 nitrogen and oxygen atoms in total. The minimum Gasteiger partial charge on any atom is -0.496 e. The molecule has 3 aromatic rings. The highest BCUT2D eigenvalue weighted by atomic mass is 35.5. The van der Waals surface area contributed by atoms with Gasteiger partial charge in [0, 0.05) is 0 Å². The van der Waals surface area contributed by atoms with Crippen molar-refractivity contribution < 1.29 is 14.1 Å². The lowest BCUT2D eigenvalue weighted by Gasteiger charge is -2.10. The van der Waals surface area contributed by atoms with Crippen LogP contribution in [0.1, 0.15) is 29.2 Å². The van der Waals surface area contributed by atoms with Crippen molar-refractivity contribution in [3.63, 3.8) is 0 Å². The van der Waals surface area contributed by atoms with E-state index in [0.717, 1.165) is 0 Å². The van der Waals surface area contributed by atoms with E-state index in [9.17, 15) is 4.79 Å². The summed E-state index contributed by atoms with van der Waals surface area (Å²) in [5.74, 6) is 1.02. The van der Waals surface area contributed by atoms with E-state index in [0.29, 0.717) is 33.6 Å². The fraction of sp³-hybridized carbons (Fsp3) is 0.167. The molecule has 7 heteroatoms. The molecular formula is C18H16ClN3O3. The van der Waals surface area contributed by atoms with Crippen LogP contribution in [0.25, 0.3) is 11.4 Å². The van der Waals surface area contributed by atoms with Crippen LogP contribution in [0.4, 0.5) is 0 Å². The zero-order valence-corrected chi connectivity index (χ0v) is 14.4. The average Bonchev–Trinajstić information content (AvgIpc) is 3.12. The van der Waals surface area contributed by atoms with Crippen molar-refractivity contribution in [2.45, 2.75) is 13.0 Å². The largest absolute Gasteiger partial charge is 0.496 e. The summed E-state index contributed by atoms with van der Waals surface area (Å²) in [6, 6.07) is 13.7. The molecule has 0 aliphatic carbocycles. The molecule has 25 heavy (non-hydrogen) atoms. The van der Waals surface area contributed by atoms with Gasteiger partial charge in [0.15, 0.2) is 0 Å². The van der Waals surface area contributed by atoms with Crippen molar-refractivity contribution in [1.29, 1.82) is 0 Å². The quantitative estimate of drug-likeness (QED) is 0.749. The minimum atomic E-state index is -0.472. The molecule has 1 heterocycles. The fourth-order valence-electron chi connectivity index (χ4n) is 2.33. The summed E-state index contributed by atoms with van der Waals surface area (Å²) in [6.45, 7) is 1.76. The number of nitrogens with zero attached hydrogens (tertiary/aromatic N) is 2. The SMILES string of the molecule is COc1ccccc1-c1noc([C@H](C)NC(=O)c2ccccc2Cl)n1. The van der Waals surface area contributed by atoms with Crippen LogP contribution in [-0.4, -0.2) is 23.2 Å². The molecule has 1 N–H and O–H groups in total. The molecule has 0 bridgehead atoms. The number of carbonyl (C=O) groups is 1. The van der Waals surface area contributed by atoms with E-state index >= 15 is 0 Å². The molecule has 1 atom stereocenters. The molecule has 0 saturated heterocycles. The second-order valence-electron chi connectivity index (χ2n) is 5.33. The Bertz CT molecular complexity index is 895. The van der Waals surface area contributed by atoms with Gasteiger partial charge in [-0.2, -0.15) is 4.98 Å². The second-order valence-corrected chi connectivity index (χ2v) is 5.74. The standard InChI is InChI=1S/C18H16ClN3O3/c1-11(20-17(23)12-7-3-5-9-14(12)19)18-21-16(22-25-18)13-8-4-6-10-15(13)24-2/h3-11H,1-2H3,(H,20,23)/t11-/m0/s1. The Hall–Kier alpha value is -2.86. The van der Waals surface area contributed by atoms with Crippen LogP contribution >= 0.6 is 11.6 Å². The number of hydrogen-bond donors (Lipinski definition) is 1. The number of halogens is 1. The molecule has 1 aromatic heterocycles. The highest BCUT2D eigenvalue weighted by Crippen LogP contribution is 2.28. The molecular weight excluding hydrogens is 342 g/mol. The first kappa shape index (κ1) is 17.0. The Balaban J connectivity index is 1.78. The lowest BCUT2D eigenvalue weighted by Crippen LogP contribution is -2.27. The number of ether oxygens (including phenoxy) is 1. The highest BCUT2D eigenvalue weighted by Gasteiger charge is 2.20. The van der Waals surface area contributed by atoms with E-state index in [-0.39, 0.29) is 5.91 Å². The Labute approximate surface area is 149 Å². The van der Waals surface area contributed by atoms with E-state index in [2.05, 4.69) is 15.5 Å². The van der Waals surface area contributed by atoms with Crippen LogP contribution in [0.5, 0.6) is 5.75 Å². The number of methoxy groups -OCH3 is 1. The zero-order chi connectivity index (χ0) is 17.8. The summed E-state index contributed by atoms with van der Waals surface area (Å²) in [5, 5.41) is 7.15. The monoisotopic (exact) mass is 357 g/mol. The maximum absolute atomic E-state index is 12.3. The average molecular weight is 358 g/mol. The molecule has 0 aliphatic heterocycles. The summed E-state index contributed by atoms with van der Waals surface area (Å²) in [5.41, 5.74) is 1.10. The summed E-state index contributed by atoms with van der Waals surface area (Å²) in [4.78, 5) is 16.7. The molecule has 0 unspecified atom stereocenters. The number of para-hydroxylation sites is 1. The molecule has 0 aliphatic rings. The predicted molar refractivity (Wildman–Crippen MR) is 93.6 cm³/mol. The van der Waals surface area contributed by atoms with Gasteiger partial charge in [0.1, 0.15) is 11.8 Å². The molecule has 0 fully saturated rings. The van der Waals surface area contributed by atoms with Crippen LogP contribution in [0.3, 0.4) is 0 Å². The van der Waals surface area contributed by atoms with Crippen molar-refractivity contribution in [3.05, 3.63) is 65.0 Å². The summed E-state index contributed by atoms with van der Waals surface area (Å²) in [7, 11) is 1.58. The number of carbonyl (C=O) groups excluding carboxylic acids is 1. The predicted octanol–water partition coefficient (Wildman–Crippen LogP) is 3.89. The van der Waals surface area contributed by atoms with Crippen molar-refractivity contribution in [1.82, 2.24) is 15.5 Å². The maximum Gasteiger partial charge on any atom is 0.253 e. The van der Waals surface area contributed by atoms with Crippen molar-refractivity contribution >= 4 is 17.5 Å². The first-order valence-corrected chi connectivity index (χ1v) is 8.00. The van der Waals surface area contributed by atoms with Crippen LogP contribution < -0.4 is 10.1 Å². The topological polar surface area (TPSA) is 77.3 Å². The first-order valence-electron chi connectivity index (χ1n) is 7.62. The van der Waals surface area contributed by atoms with Gasteiger partial charge in [-0.25, -0.2) is 0 Å². The first-order chi connectivity index (χ1) is 12.1. The molecule has 128 valence electrons. The Morgan fingerprint density at radius 1 is 1.20 bits per heavy atom. The van der Waals surface area contributed by atoms with E-state index in [4.69, 9.17) is 20.9 Å². The van der Waals surface area contributed by atoms with Gasteiger partial charge in [-0.3, -0.25) is 4.79 Å². The lowest BCUT2D eigenvalue weighted by atomic mass is 10.2. The maximum atomic E-state index is 12.3. The van der Waals surface area contributed by atoms with Crippen molar-refractivity contribution in [3.8, 4) is 17.1 Å². The van der Waals surface area contributed by atoms with E-state index < -0.39 is 6.04 Å². The Morgan fingerprint density at radius 3 is 2.68 bits per heavy atom. The highest BCUT2D eigenvalue weighted by molar-refractivity contribution is 6.33. The van der Waals surface area contributed by atoms with E-state index in [1.165, 1.54) is 0 Å². The number of benzene rings is 2. The van der Waals surface area contributed by atoms with Crippen LogP contribution in [0, 0.1) is 0 Å². The normalized spacial score (nSPS) is 11.8. The molecule has 3 rings (SSSR count). The third kappa shape index (κ3) is 3.64. The molecule has 0 saturated carbocycles. The zero-order valence-electron chi connectivity index (χ0n) is 13.7. The van der Waals surface area contributed by atoms with Gasteiger partial charge in [-0.05, 0) is 31.2 Å². The molecule has 1 amide bonds. The number of hydrogen-bond acceptors (Lipinski definition) is 5. The third-order valence-corrected chi connectivity index (χ3v) is 3.96. The van der Waals surface area contributed by atoms with Crippen LogP contribution in [0.2, 0.25) is 5.02 Å². The molecule has 2 aromatic carbocycles. The number of rotatable bonds is 5. The molecule has 0 radical (unpaired) electrons. The summed E-state index contributed by atoms with van der Waals surface area (Å²) >= 11 is 6.04. The minimum absolute atomic E-state index is 0.293. The number of nitrogens with one attached hydrogen (secondary N) is 1. The van der Waals surface area contributed by atoms with Gasteiger partial charge in [-0.1, -0.05) is 41.0 Å². The van der Waals surface area contributed by atoms with E-state index in [1.54, 1.807) is 38.3 Å². The summed E-state index contributed by atoms with van der Waals surface area (Å²) < 4.78 is 10.6. The van der Waals surface area contributed by atoms with Gasteiger partial charge >= 0.3 is 0 Å². The van der Waals surface area contributed by atoms with Gasteiger partial charge in [0.05, 0.1) is 23.3 Å². The Kier molecular flexibility index (Phi) is 5.00. The van der Waals surface area contributed by atoms with Gasteiger partial charge in [-0.15, -0.1) is 0 Å². The van der Waals surface area contributed by atoms with Crippen molar-refractivity contribution in [2.24, 2.45) is 0 Å². The summed E-state index contributed by atoms with van der Waals surface area (Å²) in [6.07, 6.45) is 0. The van der Waals surface area contributed by atoms with Crippen LogP contribution in [-0.2, 0) is 0 Å². The second kappa shape index (κ2) is 7.36. The third-order valence-electron chi connectivity index (χ3n) is 3.63. The molecule has 0 spiro atoms. The Morgan fingerprint density at radius 2 is 1.92 bits per heavy atom. The van der Waals surface area contributed by atoms with E-state index in [1.807, 2.05) is 24.3 Å². The van der Waals surface area contributed by atoms with Gasteiger partial charge < -0.3 is 14.6 Å². The lowest BCUT2D eigenvalue weighted by molar-refractivity contribution is 0.0932. The fourth-order valence-corrected chi connectivity index (χ4v) is 2.55. The van der Waals surface area contributed by atoms with Crippen molar-refractivity contribution in [2.75, 3.05) is 7.11 Å².